The summed E-state index contributed by atoms with van der Waals surface area (Å²) in [6, 6.07) is 22.9. The fraction of sp³-hybridized carbons (Fsp3) is 0.111. The predicted molar refractivity (Wildman–Crippen MR) is 137 cm³/mol. The van der Waals surface area contributed by atoms with Crippen LogP contribution in [0.1, 0.15) is 23.6 Å². The van der Waals surface area contributed by atoms with Gasteiger partial charge in [0, 0.05) is 11.6 Å². The number of aliphatic imine (C=N–C) groups is 1. The normalized spacial score (nSPS) is 12.6. The van der Waals surface area contributed by atoms with E-state index in [9.17, 15) is 18.0 Å². The van der Waals surface area contributed by atoms with Crippen molar-refractivity contribution in [2.75, 3.05) is 5.32 Å². The average molecular weight is 521 g/mol. The van der Waals surface area contributed by atoms with Crippen molar-refractivity contribution in [2.45, 2.75) is 18.6 Å². The fourth-order valence-corrected chi connectivity index (χ4v) is 3.50. The molecule has 0 bridgehead atoms. The van der Waals surface area contributed by atoms with Crippen molar-refractivity contribution in [3.8, 4) is 17.0 Å². The van der Waals surface area contributed by atoms with E-state index in [1.54, 1.807) is 30.3 Å². The summed E-state index contributed by atoms with van der Waals surface area (Å²) in [5.74, 6) is -0.369. The summed E-state index contributed by atoms with van der Waals surface area (Å²) in [6.45, 7) is 0. The van der Waals surface area contributed by atoms with Gasteiger partial charge in [-0.3, -0.25) is 4.79 Å². The smallest absolute Gasteiger partial charge is 0.416 e. The van der Waals surface area contributed by atoms with E-state index in [-0.39, 0.29) is 29.5 Å². The Balaban J connectivity index is 1.41. The Morgan fingerprint density at radius 1 is 0.947 bits per heavy atom. The van der Waals surface area contributed by atoms with Gasteiger partial charge in [0.05, 0.1) is 23.4 Å². The Bertz CT molecular complexity index is 1430. The summed E-state index contributed by atoms with van der Waals surface area (Å²) in [7, 11) is 0. The van der Waals surface area contributed by atoms with Crippen molar-refractivity contribution in [1.82, 2.24) is 10.2 Å². The Labute approximate surface area is 216 Å². The van der Waals surface area contributed by atoms with Crippen molar-refractivity contribution in [3.63, 3.8) is 0 Å². The molecule has 4 rings (SSSR count). The second kappa shape index (κ2) is 11.5. The van der Waals surface area contributed by atoms with Gasteiger partial charge in [-0.2, -0.15) is 18.2 Å². The second-order valence-corrected chi connectivity index (χ2v) is 8.17. The molecule has 0 saturated carbocycles. The van der Waals surface area contributed by atoms with Gasteiger partial charge in [0.2, 0.25) is 0 Å². The number of para-hydroxylation sites is 2. The number of carbonyl (C=O) groups is 1. The molecule has 0 fully saturated rings. The predicted octanol–water partition coefficient (Wildman–Crippen LogP) is 5.22. The van der Waals surface area contributed by atoms with E-state index in [0.29, 0.717) is 11.4 Å². The number of nitrogens with one attached hydrogen (secondary N) is 1. The second-order valence-electron chi connectivity index (χ2n) is 8.17. The lowest BCUT2D eigenvalue weighted by atomic mass is 10.0. The Kier molecular flexibility index (Phi) is 7.97. The summed E-state index contributed by atoms with van der Waals surface area (Å²) in [6.07, 6.45) is -4.86. The van der Waals surface area contributed by atoms with E-state index < -0.39 is 23.8 Å². The van der Waals surface area contributed by atoms with Gasteiger partial charge in [-0.15, -0.1) is 10.2 Å². The third-order valence-electron chi connectivity index (χ3n) is 5.36. The number of rotatable bonds is 7. The number of nitrogens with two attached hydrogens (primary N) is 2. The zero-order valence-corrected chi connectivity index (χ0v) is 19.9. The van der Waals surface area contributed by atoms with Crippen LogP contribution in [0.4, 0.5) is 24.7 Å². The maximum atomic E-state index is 13.0. The summed E-state index contributed by atoms with van der Waals surface area (Å²) >= 11 is 0. The molecular weight excluding hydrogens is 497 g/mol. The lowest BCUT2D eigenvalue weighted by molar-refractivity contribution is -0.137. The van der Waals surface area contributed by atoms with Crippen molar-refractivity contribution < 1.29 is 22.7 Å². The van der Waals surface area contributed by atoms with Gasteiger partial charge in [0.1, 0.15) is 0 Å². The van der Waals surface area contributed by atoms with E-state index >= 15 is 0 Å². The Morgan fingerprint density at radius 3 is 2.39 bits per heavy atom. The van der Waals surface area contributed by atoms with E-state index in [4.69, 9.17) is 16.2 Å². The van der Waals surface area contributed by atoms with Crippen LogP contribution in [0.15, 0.2) is 96.0 Å². The molecule has 1 heterocycles. The van der Waals surface area contributed by atoms with Gasteiger partial charge in [-0.1, -0.05) is 54.6 Å². The molecule has 5 N–H and O–H groups in total. The average Bonchev–Trinajstić information content (AvgIpc) is 2.90. The molecule has 0 aliphatic rings. The summed E-state index contributed by atoms with van der Waals surface area (Å²) in [4.78, 5) is 16.7. The van der Waals surface area contributed by atoms with Crippen LogP contribution in [0.25, 0.3) is 11.3 Å². The molecule has 194 valence electrons. The van der Waals surface area contributed by atoms with Crippen molar-refractivity contribution in [3.05, 3.63) is 102 Å². The zero-order chi connectivity index (χ0) is 27.1. The van der Waals surface area contributed by atoms with Crippen LogP contribution in [0, 0.1) is 0 Å². The first-order valence-electron chi connectivity index (χ1n) is 11.4. The number of nitrogens with zero attached hydrogens (tertiary/aromatic N) is 3. The molecule has 4 aromatic rings. The lowest BCUT2D eigenvalue weighted by Gasteiger charge is -2.15. The molecule has 0 aliphatic heterocycles. The topological polar surface area (TPSA) is 129 Å². The summed E-state index contributed by atoms with van der Waals surface area (Å²) in [5.41, 5.74) is 13.2. The van der Waals surface area contributed by atoms with Crippen LogP contribution >= 0.6 is 0 Å². The number of ether oxygens (including phenoxy) is 1. The van der Waals surface area contributed by atoms with E-state index in [1.165, 1.54) is 18.2 Å². The minimum Gasteiger partial charge on any atom is -0.424 e. The summed E-state index contributed by atoms with van der Waals surface area (Å²) in [5, 5.41) is 11.1. The van der Waals surface area contributed by atoms with Gasteiger partial charge in [-0.05, 0) is 42.0 Å². The van der Waals surface area contributed by atoms with Gasteiger partial charge < -0.3 is 21.5 Å². The van der Waals surface area contributed by atoms with E-state index in [0.717, 1.165) is 17.7 Å². The molecular formula is C27H23F3N6O2. The van der Waals surface area contributed by atoms with Gasteiger partial charge in [0.15, 0.2) is 17.5 Å². The molecule has 0 saturated heterocycles. The SMILES string of the molecule is NC(=Nc1ccc(-c2ccccc2)nn1)Nc1ccccc1OC(=O)CC(N)c1cccc(C(F)(F)F)c1. The minimum absolute atomic E-state index is 0.0315. The molecule has 0 amide bonds. The van der Waals surface area contributed by atoms with Crippen LogP contribution in [0.2, 0.25) is 0 Å². The number of anilines is 1. The quantitative estimate of drug-likeness (QED) is 0.132. The summed E-state index contributed by atoms with van der Waals surface area (Å²) < 4.78 is 44.4. The molecule has 1 unspecified atom stereocenters. The number of benzene rings is 3. The van der Waals surface area contributed by atoms with Crippen molar-refractivity contribution >= 4 is 23.4 Å². The molecule has 0 spiro atoms. The lowest BCUT2D eigenvalue weighted by Crippen LogP contribution is -2.23. The van der Waals surface area contributed by atoms with Gasteiger partial charge in [0.25, 0.3) is 0 Å². The third kappa shape index (κ3) is 6.92. The molecule has 0 radical (unpaired) electrons. The van der Waals surface area contributed by atoms with Crippen LogP contribution < -0.4 is 21.5 Å². The molecule has 3 aromatic carbocycles. The maximum Gasteiger partial charge on any atom is 0.416 e. The first kappa shape index (κ1) is 26.3. The number of guanidine groups is 1. The van der Waals surface area contributed by atoms with Crippen LogP contribution in [0.5, 0.6) is 5.75 Å². The number of esters is 1. The van der Waals surface area contributed by atoms with E-state index in [2.05, 4.69) is 20.5 Å². The molecule has 38 heavy (non-hydrogen) atoms. The van der Waals surface area contributed by atoms with Crippen LogP contribution in [-0.4, -0.2) is 22.1 Å². The Morgan fingerprint density at radius 2 is 1.68 bits per heavy atom. The van der Waals surface area contributed by atoms with Crippen molar-refractivity contribution in [2.24, 2.45) is 16.5 Å². The zero-order valence-electron chi connectivity index (χ0n) is 19.9. The first-order chi connectivity index (χ1) is 18.2. The minimum atomic E-state index is -4.52. The van der Waals surface area contributed by atoms with Gasteiger partial charge in [-0.25, -0.2) is 0 Å². The monoisotopic (exact) mass is 520 g/mol. The highest BCUT2D eigenvalue weighted by atomic mass is 19.4. The van der Waals surface area contributed by atoms with Crippen LogP contribution in [0.3, 0.4) is 0 Å². The molecule has 1 aromatic heterocycles. The highest BCUT2D eigenvalue weighted by Crippen LogP contribution is 2.31. The fourth-order valence-electron chi connectivity index (χ4n) is 3.50. The Hall–Kier alpha value is -4.77. The molecule has 11 heteroatoms. The van der Waals surface area contributed by atoms with Crippen LogP contribution in [-0.2, 0) is 11.0 Å². The molecule has 0 aliphatic carbocycles. The van der Waals surface area contributed by atoms with Crippen molar-refractivity contribution in [1.29, 1.82) is 0 Å². The highest BCUT2D eigenvalue weighted by Gasteiger charge is 2.31. The number of halogens is 3. The first-order valence-corrected chi connectivity index (χ1v) is 11.4. The molecule has 8 nitrogen and oxygen atoms in total. The van der Waals surface area contributed by atoms with E-state index in [1.807, 2.05) is 30.3 Å². The number of carbonyl (C=O) groups excluding carboxylic acids is 1. The highest BCUT2D eigenvalue weighted by molar-refractivity contribution is 5.95. The van der Waals surface area contributed by atoms with Gasteiger partial charge >= 0.3 is 12.1 Å². The third-order valence-corrected chi connectivity index (χ3v) is 5.36. The number of alkyl halides is 3. The largest absolute Gasteiger partial charge is 0.424 e. The number of hydrogen-bond acceptors (Lipinski definition) is 6. The number of hydrogen-bond donors (Lipinski definition) is 3. The molecule has 1 atom stereocenters. The number of aromatic nitrogens is 2. The maximum absolute atomic E-state index is 13.0. The standard InChI is InChI=1S/C27H23F3N6O2/c28-27(29,30)19-10-6-9-18(15-19)20(31)16-25(37)38-23-12-5-4-11-22(23)33-26(32)34-24-14-13-21(35-36-24)17-7-2-1-3-8-17/h1-15,20H,16,31H2,(H3,32,33,34,36).